The summed E-state index contributed by atoms with van der Waals surface area (Å²) in [6.07, 6.45) is 9.52. The first-order chi connectivity index (χ1) is 8.50. The third kappa shape index (κ3) is 0.830. The van der Waals surface area contributed by atoms with Gasteiger partial charge in [-0.3, -0.25) is 0 Å². The molecule has 4 aliphatic rings. The van der Waals surface area contributed by atoms with Crippen LogP contribution in [0.25, 0.3) is 0 Å². The quantitative estimate of drug-likeness (QED) is 0.723. The predicted octanol–water partition coefficient (Wildman–Crippen LogP) is 2.76. The smallest absolute Gasteiger partial charge is 0.107 e. The molecular weight excluding hydrogens is 224 g/mol. The highest BCUT2D eigenvalue weighted by Gasteiger charge is 2.80. The van der Waals surface area contributed by atoms with Gasteiger partial charge in [0, 0.05) is 18.4 Å². The van der Waals surface area contributed by atoms with Crippen molar-refractivity contribution in [2.75, 3.05) is 7.11 Å². The summed E-state index contributed by atoms with van der Waals surface area (Å²) in [7, 11) is 1.74. The molecule has 0 aromatic carbocycles. The fraction of sp³-hybridized carbons (Fsp3) is 0.875. The minimum Gasteiger partial charge on any atom is -0.386 e. The molecule has 0 spiro atoms. The van der Waals surface area contributed by atoms with Crippen molar-refractivity contribution in [2.24, 2.45) is 28.6 Å². The van der Waals surface area contributed by atoms with E-state index in [1.165, 1.54) is 25.7 Å². The van der Waals surface area contributed by atoms with Crippen LogP contribution >= 0.6 is 0 Å². The van der Waals surface area contributed by atoms with Crippen LogP contribution in [0.3, 0.4) is 0 Å². The van der Waals surface area contributed by atoms with Crippen molar-refractivity contribution in [1.82, 2.24) is 0 Å². The van der Waals surface area contributed by atoms with Gasteiger partial charge in [0.2, 0.25) is 0 Å². The van der Waals surface area contributed by atoms with Gasteiger partial charge in [0.05, 0.1) is 0 Å². The average Bonchev–Trinajstić information content (AvgIpc) is 2.76. The van der Waals surface area contributed by atoms with E-state index in [0.29, 0.717) is 23.2 Å². The van der Waals surface area contributed by atoms with E-state index >= 15 is 0 Å². The lowest BCUT2D eigenvalue weighted by Crippen LogP contribution is -2.60. The SMILES string of the molecule is CO[C@H]1C=C[C@@H]2[C@@H]3C[C@H]4CCC[C@]3(C)[C@@]4(C)[C@@]12O. The summed E-state index contributed by atoms with van der Waals surface area (Å²) >= 11 is 0. The van der Waals surface area contributed by atoms with Crippen molar-refractivity contribution in [3.8, 4) is 0 Å². The second-order valence-electron chi connectivity index (χ2n) is 7.44. The van der Waals surface area contributed by atoms with Gasteiger partial charge in [0.15, 0.2) is 0 Å². The van der Waals surface area contributed by atoms with E-state index in [-0.39, 0.29) is 11.5 Å². The molecule has 0 radical (unpaired) electrons. The number of hydrogen-bond donors (Lipinski definition) is 1. The first-order valence-corrected chi connectivity index (χ1v) is 7.43. The molecule has 100 valence electrons. The van der Waals surface area contributed by atoms with E-state index in [1.807, 2.05) is 0 Å². The number of rotatable bonds is 1. The zero-order chi connectivity index (χ0) is 12.8. The first-order valence-electron chi connectivity index (χ1n) is 7.43. The number of methoxy groups -OCH3 is 1. The molecule has 0 amide bonds. The van der Waals surface area contributed by atoms with Gasteiger partial charge < -0.3 is 9.84 Å². The molecule has 0 heterocycles. The largest absolute Gasteiger partial charge is 0.386 e. The van der Waals surface area contributed by atoms with E-state index in [1.54, 1.807) is 7.11 Å². The molecule has 3 fully saturated rings. The summed E-state index contributed by atoms with van der Waals surface area (Å²) in [6.45, 7) is 4.80. The minimum atomic E-state index is -0.648. The molecule has 4 rings (SSSR count). The Hall–Kier alpha value is -0.340. The standard InChI is InChI=1S/C16H24O2/c1-14-8-4-5-10-9-12(14)11-6-7-13(18-3)16(11,17)15(10,14)2/h6-7,10-13,17H,4-5,8-9H2,1-3H3/t10-,11-,12+,13+,14+,15+,16+/m1/s1. The van der Waals surface area contributed by atoms with Gasteiger partial charge in [-0.1, -0.05) is 32.4 Å². The summed E-state index contributed by atoms with van der Waals surface area (Å²) in [5, 5.41) is 11.5. The van der Waals surface area contributed by atoms with E-state index in [0.717, 1.165) is 0 Å². The molecule has 0 aromatic heterocycles. The van der Waals surface area contributed by atoms with Crippen LogP contribution in [0.15, 0.2) is 12.2 Å². The zero-order valence-electron chi connectivity index (χ0n) is 11.6. The fourth-order valence-electron chi connectivity index (χ4n) is 6.59. The van der Waals surface area contributed by atoms with Gasteiger partial charge in [0.25, 0.3) is 0 Å². The van der Waals surface area contributed by atoms with Crippen LogP contribution in [0, 0.1) is 28.6 Å². The van der Waals surface area contributed by atoms with Crippen LogP contribution in [0.4, 0.5) is 0 Å². The maximum Gasteiger partial charge on any atom is 0.107 e. The number of fused-ring (bicyclic) bond motifs is 2. The maximum atomic E-state index is 11.5. The van der Waals surface area contributed by atoms with Crippen LogP contribution in [-0.2, 0) is 4.74 Å². The molecule has 2 heteroatoms. The molecule has 4 bridgehead atoms. The Bertz CT molecular complexity index is 431. The maximum absolute atomic E-state index is 11.5. The second kappa shape index (κ2) is 3.04. The molecular formula is C16H24O2. The highest BCUT2D eigenvalue weighted by atomic mass is 16.5. The lowest BCUT2D eigenvalue weighted by atomic mass is 9.53. The Labute approximate surface area is 109 Å². The summed E-state index contributed by atoms with van der Waals surface area (Å²) < 4.78 is 5.62. The van der Waals surface area contributed by atoms with Gasteiger partial charge in [-0.2, -0.15) is 0 Å². The Kier molecular flexibility index (Phi) is 1.94. The number of ether oxygens (including phenoxy) is 1. The molecule has 0 aromatic rings. The molecule has 2 nitrogen and oxygen atoms in total. The van der Waals surface area contributed by atoms with Crippen LogP contribution in [-0.4, -0.2) is 23.9 Å². The summed E-state index contributed by atoms with van der Waals surface area (Å²) in [5.74, 6) is 1.68. The lowest BCUT2D eigenvalue weighted by molar-refractivity contribution is -0.192. The fourth-order valence-corrected chi connectivity index (χ4v) is 6.59. The second-order valence-corrected chi connectivity index (χ2v) is 7.44. The molecule has 4 aliphatic carbocycles. The Morgan fingerprint density at radius 2 is 2.06 bits per heavy atom. The molecule has 7 atom stereocenters. The van der Waals surface area contributed by atoms with Crippen molar-refractivity contribution in [3.63, 3.8) is 0 Å². The molecule has 18 heavy (non-hydrogen) atoms. The molecule has 0 aliphatic heterocycles. The van der Waals surface area contributed by atoms with E-state index in [2.05, 4.69) is 26.0 Å². The topological polar surface area (TPSA) is 29.5 Å². The number of aliphatic hydroxyl groups is 1. The third-order valence-electron chi connectivity index (χ3n) is 7.56. The molecule has 0 unspecified atom stereocenters. The molecule has 1 N–H and O–H groups in total. The normalized spacial score (nSPS) is 64.4. The summed E-state index contributed by atoms with van der Waals surface area (Å²) in [5.41, 5.74) is -0.293. The van der Waals surface area contributed by atoms with Crippen LogP contribution < -0.4 is 0 Å². The van der Waals surface area contributed by atoms with Gasteiger partial charge in [-0.15, -0.1) is 0 Å². The van der Waals surface area contributed by atoms with E-state index in [9.17, 15) is 5.11 Å². The Morgan fingerprint density at radius 3 is 2.78 bits per heavy atom. The molecule has 0 saturated heterocycles. The third-order valence-corrected chi connectivity index (χ3v) is 7.56. The van der Waals surface area contributed by atoms with Crippen molar-refractivity contribution in [1.29, 1.82) is 0 Å². The van der Waals surface area contributed by atoms with Crippen molar-refractivity contribution >= 4 is 0 Å². The Morgan fingerprint density at radius 1 is 1.28 bits per heavy atom. The summed E-state index contributed by atoms with van der Waals surface area (Å²) in [4.78, 5) is 0. The van der Waals surface area contributed by atoms with Gasteiger partial charge in [-0.05, 0) is 36.5 Å². The first kappa shape index (κ1) is 11.5. The highest BCUT2D eigenvalue weighted by Crippen LogP contribution is 2.80. The van der Waals surface area contributed by atoms with Crippen molar-refractivity contribution < 1.29 is 9.84 Å². The monoisotopic (exact) mass is 248 g/mol. The average molecular weight is 248 g/mol. The highest BCUT2D eigenvalue weighted by molar-refractivity contribution is 5.36. The molecule has 3 saturated carbocycles. The van der Waals surface area contributed by atoms with E-state index in [4.69, 9.17) is 4.74 Å². The lowest BCUT2D eigenvalue weighted by Gasteiger charge is -2.55. The van der Waals surface area contributed by atoms with Crippen LogP contribution in [0.1, 0.15) is 39.5 Å². The summed E-state index contributed by atoms with van der Waals surface area (Å²) in [6, 6.07) is 0. The minimum absolute atomic E-state index is 0.0394. The van der Waals surface area contributed by atoms with Crippen molar-refractivity contribution in [2.45, 2.75) is 51.2 Å². The van der Waals surface area contributed by atoms with Crippen LogP contribution in [0.2, 0.25) is 0 Å². The van der Waals surface area contributed by atoms with E-state index < -0.39 is 5.60 Å². The van der Waals surface area contributed by atoms with Crippen LogP contribution in [0.5, 0.6) is 0 Å². The van der Waals surface area contributed by atoms with Crippen molar-refractivity contribution in [3.05, 3.63) is 12.2 Å². The number of hydrogen-bond acceptors (Lipinski definition) is 2. The Balaban J connectivity index is 1.92. The van der Waals surface area contributed by atoms with Gasteiger partial charge >= 0.3 is 0 Å². The predicted molar refractivity (Wildman–Crippen MR) is 70.0 cm³/mol. The van der Waals surface area contributed by atoms with Gasteiger partial charge in [0.1, 0.15) is 11.7 Å². The van der Waals surface area contributed by atoms with Gasteiger partial charge in [-0.25, -0.2) is 0 Å². The zero-order valence-corrected chi connectivity index (χ0v) is 11.6.